The third kappa shape index (κ3) is 3.55. The Balaban J connectivity index is 1.72. The molecule has 0 saturated carbocycles. The van der Waals surface area contributed by atoms with Gasteiger partial charge in [-0.2, -0.15) is 0 Å². The van der Waals surface area contributed by atoms with Crippen molar-refractivity contribution >= 4 is 17.5 Å². The Hall–Kier alpha value is -2.43. The summed E-state index contributed by atoms with van der Waals surface area (Å²) in [5, 5.41) is 3.25. The molecule has 1 aliphatic rings. The van der Waals surface area contributed by atoms with E-state index in [4.69, 9.17) is 0 Å². The number of aryl methyl sites for hydroxylation is 2. The van der Waals surface area contributed by atoms with Gasteiger partial charge in [-0.1, -0.05) is 25.1 Å². The van der Waals surface area contributed by atoms with E-state index in [1.54, 1.807) is 12.4 Å². The maximum Gasteiger partial charge on any atom is 0.257 e. The van der Waals surface area contributed by atoms with Gasteiger partial charge in [-0.3, -0.25) is 4.79 Å². The fourth-order valence-electron chi connectivity index (χ4n) is 3.18. The molecule has 24 heavy (non-hydrogen) atoms. The summed E-state index contributed by atoms with van der Waals surface area (Å²) < 4.78 is 0. The molecule has 0 aliphatic carbocycles. The van der Waals surface area contributed by atoms with Crippen molar-refractivity contribution in [2.75, 3.05) is 18.4 Å². The quantitative estimate of drug-likeness (QED) is 0.935. The van der Waals surface area contributed by atoms with Crippen LogP contribution in [0.1, 0.15) is 41.3 Å². The number of likely N-dealkylation sites (tertiary alicyclic amines) is 1. The van der Waals surface area contributed by atoms with E-state index in [1.807, 2.05) is 36.9 Å². The Kier molecular flexibility index (Phi) is 4.79. The Labute approximate surface area is 143 Å². The van der Waals surface area contributed by atoms with Crippen LogP contribution < -0.4 is 5.32 Å². The first-order valence-electron chi connectivity index (χ1n) is 8.49. The van der Waals surface area contributed by atoms with Crippen molar-refractivity contribution < 1.29 is 4.79 Å². The highest BCUT2D eigenvalue weighted by atomic mass is 16.2. The number of hydrogen-bond acceptors (Lipinski definition) is 4. The minimum absolute atomic E-state index is 0.0279. The highest BCUT2D eigenvalue weighted by Crippen LogP contribution is 2.22. The van der Waals surface area contributed by atoms with Gasteiger partial charge in [0.25, 0.3) is 5.91 Å². The lowest BCUT2D eigenvalue weighted by Crippen LogP contribution is -2.39. The van der Waals surface area contributed by atoms with Gasteiger partial charge in [0.15, 0.2) is 0 Å². The number of rotatable bonds is 3. The number of aromatic nitrogens is 2. The van der Waals surface area contributed by atoms with Crippen molar-refractivity contribution in [3.63, 3.8) is 0 Å². The summed E-state index contributed by atoms with van der Waals surface area (Å²) >= 11 is 0. The van der Waals surface area contributed by atoms with Crippen LogP contribution in [-0.2, 0) is 0 Å². The number of nitrogens with zero attached hydrogens (tertiary/aromatic N) is 3. The van der Waals surface area contributed by atoms with Gasteiger partial charge in [0.1, 0.15) is 0 Å². The van der Waals surface area contributed by atoms with Gasteiger partial charge >= 0.3 is 0 Å². The monoisotopic (exact) mass is 324 g/mol. The number of para-hydroxylation sites is 1. The standard InChI is InChI=1S/C19H24N4O/c1-13-6-5-9-23(12-13)18(24)16-10-20-19(21-11-16)22-17-14(2)7-4-8-15(17)3/h4,7-8,10-11,13H,5-6,9,12H2,1-3H3,(H,20,21,22). The lowest BCUT2D eigenvalue weighted by Gasteiger charge is -2.30. The Morgan fingerprint density at radius 1 is 1.21 bits per heavy atom. The van der Waals surface area contributed by atoms with Gasteiger partial charge in [-0.25, -0.2) is 9.97 Å². The van der Waals surface area contributed by atoms with Crippen LogP contribution in [-0.4, -0.2) is 33.9 Å². The molecule has 0 radical (unpaired) electrons. The van der Waals surface area contributed by atoms with Gasteiger partial charge in [0.2, 0.25) is 5.95 Å². The van der Waals surface area contributed by atoms with E-state index in [0.717, 1.165) is 36.3 Å². The molecule has 0 spiro atoms. The molecule has 1 N–H and O–H groups in total. The van der Waals surface area contributed by atoms with Crippen LogP contribution in [0.5, 0.6) is 0 Å². The summed E-state index contributed by atoms with van der Waals surface area (Å²) in [7, 11) is 0. The minimum atomic E-state index is 0.0279. The maximum absolute atomic E-state index is 12.5. The van der Waals surface area contributed by atoms with Crippen LogP contribution in [0.15, 0.2) is 30.6 Å². The highest BCUT2D eigenvalue weighted by molar-refractivity contribution is 5.93. The fourth-order valence-corrected chi connectivity index (χ4v) is 3.18. The molecule has 1 aromatic heterocycles. The van der Waals surface area contributed by atoms with Crippen molar-refractivity contribution in [1.29, 1.82) is 0 Å². The average molecular weight is 324 g/mol. The van der Waals surface area contributed by atoms with Gasteiger partial charge in [-0.15, -0.1) is 0 Å². The number of piperidine rings is 1. The largest absolute Gasteiger partial charge is 0.338 e. The predicted molar refractivity (Wildman–Crippen MR) is 95.5 cm³/mol. The topological polar surface area (TPSA) is 58.1 Å². The molecule has 126 valence electrons. The normalized spacial score (nSPS) is 17.6. The highest BCUT2D eigenvalue weighted by Gasteiger charge is 2.22. The molecule has 1 saturated heterocycles. The molecule has 1 unspecified atom stereocenters. The van der Waals surface area contributed by atoms with Gasteiger partial charge in [0, 0.05) is 31.2 Å². The summed E-state index contributed by atoms with van der Waals surface area (Å²) in [5.74, 6) is 1.10. The van der Waals surface area contributed by atoms with Crippen LogP contribution in [0, 0.1) is 19.8 Å². The zero-order valence-corrected chi connectivity index (χ0v) is 14.5. The zero-order chi connectivity index (χ0) is 17.1. The summed E-state index contributed by atoms with van der Waals surface area (Å²) in [6.07, 6.45) is 5.49. The molecule has 5 nitrogen and oxygen atoms in total. The first-order chi connectivity index (χ1) is 11.5. The number of carbonyl (C=O) groups excluding carboxylic acids is 1. The van der Waals surface area contributed by atoms with E-state index in [1.165, 1.54) is 6.42 Å². The number of hydrogen-bond donors (Lipinski definition) is 1. The molecule has 5 heteroatoms. The summed E-state index contributed by atoms with van der Waals surface area (Å²) in [4.78, 5) is 23.1. The summed E-state index contributed by atoms with van der Waals surface area (Å²) in [6, 6.07) is 6.12. The molecule has 2 heterocycles. The van der Waals surface area contributed by atoms with Crippen molar-refractivity contribution in [3.05, 3.63) is 47.3 Å². The smallest absolute Gasteiger partial charge is 0.257 e. The molecule has 1 aliphatic heterocycles. The summed E-state index contributed by atoms with van der Waals surface area (Å²) in [6.45, 7) is 7.93. The van der Waals surface area contributed by atoms with E-state index < -0.39 is 0 Å². The van der Waals surface area contributed by atoms with Crippen LogP contribution in [0.3, 0.4) is 0 Å². The van der Waals surface area contributed by atoms with Crippen LogP contribution in [0.4, 0.5) is 11.6 Å². The lowest BCUT2D eigenvalue weighted by atomic mass is 10.00. The number of benzene rings is 1. The molecule has 1 atom stereocenters. The Morgan fingerprint density at radius 3 is 2.50 bits per heavy atom. The minimum Gasteiger partial charge on any atom is -0.338 e. The third-order valence-electron chi connectivity index (χ3n) is 4.56. The summed E-state index contributed by atoms with van der Waals surface area (Å²) in [5.41, 5.74) is 3.85. The first-order valence-corrected chi connectivity index (χ1v) is 8.49. The number of amides is 1. The van der Waals surface area contributed by atoms with E-state index in [9.17, 15) is 4.79 Å². The van der Waals surface area contributed by atoms with Crippen LogP contribution in [0.2, 0.25) is 0 Å². The molecule has 0 bridgehead atoms. The second kappa shape index (κ2) is 6.99. The average Bonchev–Trinajstić information content (AvgIpc) is 2.58. The lowest BCUT2D eigenvalue weighted by molar-refractivity contribution is 0.0682. The van der Waals surface area contributed by atoms with Crippen LogP contribution >= 0.6 is 0 Å². The third-order valence-corrected chi connectivity index (χ3v) is 4.56. The molecule has 1 amide bonds. The van der Waals surface area contributed by atoms with E-state index >= 15 is 0 Å². The number of anilines is 2. The van der Waals surface area contributed by atoms with Gasteiger partial charge in [0.05, 0.1) is 5.56 Å². The molecular formula is C19H24N4O. The van der Waals surface area contributed by atoms with E-state index in [-0.39, 0.29) is 5.91 Å². The van der Waals surface area contributed by atoms with E-state index in [2.05, 4.69) is 22.2 Å². The SMILES string of the molecule is Cc1cccc(C)c1Nc1ncc(C(=O)N2CCCC(C)C2)cn1. The van der Waals surface area contributed by atoms with Gasteiger partial charge in [-0.05, 0) is 43.7 Å². The van der Waals surface area contributed by atoms with Crippen molar-refractivity contribution in [2.24, 2.45) is 5.92 Å². The van der Waals surface area contributed by atoms with E-state index in [0.29, 0.717) is 17.4 Å². The Morgan fingerprint density at radius 2 is 1.88 bits per heavy atom. The zero-order valence-electron chi connectivity index (χ0n) is 14.5. The number of nitrogens with one attached hydrogen (secondary N) is 1. The van der Waals surface area contributed by atoms with Crippen molar-refractivity contribution in [2.45, 2.75) is 33.6 Å². The Bertz CT molecular complexity index is 706. The van der Waals surface area contributed by atoms with Crippen LogP contribution in [0.25, 0.3) is 0 Å². The second-order valence-corrected chi connectivity index (χ2v) is 6.69. The number of carbonyl (C=O) groups is 1. The maximum atomic E-state index is 12.5. The predicted octanol–water partition coefficient (Wildman–Crippen LogP) is 3.71. The molecule has 1 aromatic carbocycles. The molecule has 3 rings (SSSR count). The molecule has 2 aromatic rings. The second-order valence-electron chi connectivity index (χ2n) is 6.69. The fraction of sp³-hybridized carbons (Fsp3) is 0.421. The molecule has 1 fully saturated rings. The van der Waals surface area contributed by atoms with Crippen molar-refractivity contribution in [1.82, 2.24) is 14.9 Å². The molecular weight excluding hydrogens is 300 g/mol. The first kappa shape index (κ1) is 16.4. The van der Waals surface area contributed by atoms with Crippen molar-refractivity contribution in [3.8, 4) is 0 Å². The van der Waals surface area contributed by atoms with Gasteiger partial charge < -0.3 is 10.2 Å².